The van der Waals surface area contributed by atoms with E-state index in [1.807, 2.05) is 49.3 Å². The lowest BCUT2D eigenvalue weighted by atomic mass is 9.97. The molecule has 0 aromatic carbocycles. The number of nitrogens with zero attached hydrogens (tertiary/aromatic N) is 6. The van der Waals surface area contributed by atoms with Crippen LogP contribution in [0.5, 0.6) is 0 Å². The number of pyridine rings is 1. The molecule has 0 bridgehead atoms. The molecule has 1 fully saturated rings. The smallest absolute Gasteiger partial charge is 0.178 e. The lowest BCUT2D eigenvalue weighted by molar-refractivity contribution is 0.155. The lowest BCUT2D eigenvalue weighted by Crippen LogP contribution is -2.36. The molecule has 6 heteroatoms. The van der Waals surface area contributed by atoms with Crippen LogP contribution in [0.1, 0.15) is 18.4 Å². The van der Waals surface area contributed by atoms with Gasteiger partial charge in [-0.1, -0.05) is 6.07 Å². The van der Waals surface area contributed by atoms with Crippen molar-refractivity contribution < 1.29 is 0 Å². The maximum atomic E-state index is 4.48. The van der Waals surface area contributed by atoms with Crippen molar-refractivity contribution in [2.75, 3.05) is 13.1 Å². The molecule has 0 amide bonds. The fourth-order valence-electron chi connectivity index (χ4n) is 3.46. The van der Waals surface area contributed by atoms with E-state index in [2.05, 4.69) is 29.4 Å². The predicted octanol–water partition coefficient (Wildman–Crippen LogP) is 2.65. The van der Waals surface area contributed by atoms with Gasteiger partial charge in [0, 0.05) is 56.2 Å². The van der Waals surface area contributed by atoms with Crippen LogP contribution in [0.25, 0.3) is 11.5 Å². The molecule has 1 saturated heterocycles. The standard InChI is InChI=1S/C19H22N6/c1-2-6-21-18(5-1)19-22-10-17(11-23-19)14-24-8-3-4-16(12-24)13-25-9-7-20-15-25/h1-2,5-7,9-11,15-16H,3-4,8,12-14H2. The van der Waals surface area contributed by atoms with Gasteiger partial charge >= 0.3 is 0 Å². The Balaban J connectivity index is 1.36. The van der Waals surface area contributed by atoms with Gasteiger partial charge in [0.05, 0.1) is 6.33 Å². The number of hydrogen-bond donors (Lipinski definition) is 0. The van der Waals surface area contributed by atoms with Gasteiger partial charge in [-0.15, -0.1) is 0 Å². The summed E-state index contributed by atoms with van der Waals surface area (Å²) in [5, 5.41) is 0. The van der Waals surface area contributed by atoms with Gasteiger partial charge in [0.1, 0.15) is 5.69 Å². The van der Waals surface area contributed by atoms with Crippen LogP contribution in [-0.4, -0.2) is 42.5 Å². The van der Waals surface area contributed by atoms with Gasteiger partial charge in [0.2, 0.25) is 0 Å². The summed E-state index contributed by atoms with van der Waals surface area (Å²) in [5.74, 6) is 1.36. The first-order chi connectivity index (χ1) is 12.4. The van der Waals surface area contributed by atoms with Crippen molar-refractivity contribution in [2.24, 2.45) is 5.92 Å². The third-order valence-electron chi connectivity index (χ3n) is 4.64. The highest BCUT2D eigenvalue weighted by molar-refractivity contribution is 5.47. The summed E-state index contributed by atoms with van der Waals surface area (Å²) in [7, 11) is 0. The van der Waals surface area contributed by atoms with Crippen LogP contribution in [0.2, 0.25) is 0 Å². The SMILES string of the molecule is c1ccc(-c2ncc(CN3CCCC(Cn4ccnc4)C3)cn2)nc1. The number of rotatable bonds is 5. The minimum absolute atomic E-state index is 0.677. The second kappa shape index (κ2) is 7.53. The maximum Gasteiger partial charge on any atom is 0.178 e. The zero-order valence-electron chi connectivity index (χ0n) is 14.2. The van der Waals surface area contributed by atoms with Gasteiger partial charge in [-0.05, 0) is 37.4 Å². The molecule has 1 atom stereocenters. The van der Waals surface area contributed by atoms with Gasteiger partial charge in [0.25, 0.3) is 0 Å². The number of likely N-dealkylation sites (tertiary alicyclic amines) is 1. The quantitative estimate of drug-likeness (QED) is 0.718. The second-order valence-corrected chi connectivity index (χ2v) is 6.63. The molecule has 128 valence electrons. The minimum Gasteiger partial charge on any atom is -0.337 e. The minimum atomic E-state index is 0.677. The average molecular weight is 334 g/mol. The Morgan fingerprint density at radius 2 is 2.00 bits per heavy atom. The molecule has 1 aliphatic rings. The molecular weight excluding hydrogens is 312 g/mol. The van der Waals surface area contributed by atoms with Gasteiger partial charge in [-0.2, -0.15) is 0 Å². The molecule has 3 aromatic heterocycles. The van der Waals surface area contributed by atoms with Crippen molar-refractivity contribution in [3.63, 3.8) is 0 Å². The zero-order chi connectivity index (χ0) is 16.9. The van der Waals surface area contributed by atoms with E-state index in [1.54, 1.807) is 6.20 Å². The lowest BCUT2D eigenvalue weighted by Gasteiger charge is -2.32. The number of hydrogen-bond acceptors (Lipinski definition) is 5. The summed E-state index contributed by atoms with van der Waals surface area (Å²) >= 11 is 0. The third-order valence-corrected chi connectivity index (χ3v) is 4.64. The molecule has 0 radical (unpaired) electrons. The van der Waals surface area contributed by atoms with Crippen LogP contribution >= 0.6 is 0 Å². The summed E-state index contributed by atoms with van der Waals surface area (Å²) < 4.78 is 2.18. The molecule has 0 spiro atoms. The molecule has 6 nitrogen and oxygen atoms in total. The summed E-state index contributed by atoms with van der Waals surface area (Å²) in [6.45, 7) is 4.21. The Kier molecular flexibility index (Phi) is 4.79. The van der Waals surface area contributed by atoms with E-state index in [1.165, 1.54) is 12.8 Å². The highest BCUT2D eigenvalue weighted by Crippen LogP contribution is 2.20. The Morgan fingerprint density at radius 3 is 2.76 bits per heavy atom. The molecule has 1 unspecified atom stereocenters. The van der Waals surface area contributed by atoms with Crippen molar-refractivity contribution in [3.8, 4) is 11.5 Å². The third kappa shape index (κ3) is 4.09. The molecule has 0 aliphatic carbocycles. The van der Waals surface area contributed by atoms with Crippen LogP contribution in [0.4, 0.5) is 0 Å². The number of imidazole rings is 1. The van der Waals surface area contributed by atoms with Gasteiger partial charge < -0.3 is 4.57 Å². The van der Waals surface area contributed by atoms with Crippen molar-refractivity contribution in [1.82, 2.24) is 29.4 Å². The average Bonchev–Trinajstić information content (AvgIpc) is 3.16. The van der Waals surface area contributed by atoms with E-state index in [-0.39, 0.29) is 0 Å². The van der Waals surface area contributed by atoms with E-state index >= 15 is 0 Å². The molecular formula is C19H22N6. The van der Waals surface area contributed by atoms with Crippen molar-refractivity contribution in [3.05, 3.63) is 61.1 Å². The Hall–Kier alpha value is -2.60. The highest BCUT2D eigenvalue weighted by Gasteiger charge is 2.20. The summed E-state index contributed by atoms with van der Waals surface area (Å²) in [6, 6.07) is 5.78. The molecule has 1 aliphatic heterocycles. The van der Waals surface area contributed by atoms with Crippen molar-refractivity contribution in [1.29, 1.82) is 0 Å². The first kappa shape index (κ1) is 15.9. The maximum absolute atomic E-state index is 4.48. The Morgan fingerprint density at radius 1 is 1.08 bits per heavy atom. The molecule has 4 rings (SSSR count). The molecule has 0 N–H and O–H groups in total. The molecule has 3 aromatic rings. The van der Waals surface area contributed by atoms with Crippen LogP contribution in [0, 0.1) is 5.92 Å². The first-order valence-electron chi connectivity index (χ1n) is 8.77. The van der Waals surface area contributed by atoms with E-state index in [0.717, 1.165) is 37.4 Å². The molecule has 4 heterocycles. The van der Waals surface area contributed by atoms with E-state index in [0.29, 0.717) is 11.7 Å². The van der Waals surface area contributed by atoms with Gasteiger partial charge in [0.15, 0.2) is 5.82 Å². The van der Waals surface area contributed by atoms with Crippen LogP contribution in [0.3, 0.4) is 0 Å². The monoisotopic (exact) mass is 334 g/mol. The number of aromatic nitrogens is 5. The highest BCUT2D eigenvalue weighted by atomic mass is 15.1. The van der Waals surface area contributed by atoms with Crippen molar-refractivity contribution >= 4 is 0 Å². The van der Waals surface area contributed by atoms with Gasteiger partial charge in [-0.3, -0.25) is 9.88 Å². The van der Waals surface area contributed by atoms with E-state index in [9.17, 15) is 0 Å². The van der Waals surface area contributed by atoms with Crippen LogP contribution in [0.15, 0.2) is 55.5 Å². The normalized spacial score (nSPS) is 18.3. The van der Waals surface area contributed by atoms with Crippen molar-refractivity contribution in [2.45, 2.75) is 25.9 Å². The molecule has 25 heavy (non-hydrogen) atoms. The molecule has 0 saturated carbocycles. The Bertz CT molecular complexity index is 769. The largest absolute Gasteiger partial charge is 0.337 e. The van der Waals surface area contributed by atoms with Gasteiger partial charge in [-0.25, -0.2) is 15.0 Å². The van der Waals surface area contributed by atoms with E-state index < -0.39 is 0 Å². The van der Waals surface area contributed by atoms with E-state index in [4.69, 9.17) is 0 Å². The second-order valence-electron chi connectivity index (χ2n) is 6.63. The first-order valence-corrected chi connectivity index (χ1v) is 8.77. The van der Waals surface area contributed by atoms with Crippen LogP contribution in [-0.2, 0) is 13.1 Å². The summed E-state index contributed by atoms with van der Waals surface area (Å²) in [4.78, 5) is 19.9. The fourth-order valence-corrected chi connectivity index (χ4v) is 3.46. The summed E-state index contributed by atoms with van der Waals surface area (Å²) in [6.07, 6.45) is 13.9. The predicted molar refractivity (Wildman–Crippen MR) is 95.5 cm³/mol. The Labute approximate surface area is 147 Å². The topological polar surface area (TPSA) is 59.7 Å². The number of piperidine rings is 1. The van der Waals surface area contributed by atoms with Crippen LogP contribution < -0.4 is 0 Å². The fraction of sp³-hybridized carbons (Fsp3) is 0.368. The zero-order valence-corrected chi connectivity index (χ0v) is 14.2. The summed E-state index contributed by atoms with van der Waals surface area (Å²) in [5.41, 5.74) is 1.97.